The van der Waals surface area contributed by atoms with Gasteiger partial charge in [0.15, 0.2) is 5.58 Å². The van der Waals surface area contributed by atoms with Gasteiger partial charge in [-0.1, -0.05) is 0 Å². The highest BCUT2D eigenvalue weighted by molar-refractivity contribution is 5.72. The SMILES string of the molecule is Fc1ccc2oc(C3CCCN3C3CCNCC3)nc2c1. The Bertz CT molecular complexity index is 635. The van der Waals surface area contributed by atoms with Crippen molar-refractivity contribution < 1.29 is 8.81 Å². The van der Waals surface area contributed by atoms with E-state index < -0.39 is 0 Å². The first kappa shape index (κ1) is 13.2. The molecule has 1 unspecified atom stereocenters. The Morgan fingerprint density at radius 1 is 1.24 bits per heavy atom. The molecule has 2 aliphatic heterocycles. The summed E-state index contributed by atoms with van der Waals surface area (Å²) < 4.78 is 19.2. The third-order valence-electron chi connectivity index (χ3n) is 4.72. The van der Waals surface area contributed by atoms with E-state index in [2.05, 4.69) is 15.2 Å². The van der Waals surface area contributed by atoms with Crippen LogP contribution in [0.3, 0.4) is 0 Å². The zero-order valence-electron chi connectivity index (χ0n) is 12.0. The van der Waals surface area contributed by atoms with Crippen LogP contribution in [0.4, 0.5) is 4.39 Å². The van der Waals surface area contributed by atoms with E-state index in [-0.39, 0.29) is 11.9 Å². The predicted molar refractivity (Wildman–Crippen MR) is 78.5 cm³/mol. The Balaban J connectivity index is 1.63. The summed E-state index contributed by atoms with van der Waals surface area (Å²) in [5.41, 5.74) is 1.31. The van der Waals surface area contributed by atoms with Crippen molar-refractivity contribution in [3.63, 3.8) is 0 Å². The molecule has 5 heteroatoms. The van der Waals surface area contributed by atoms with Gasteiger partial charge in [-0.3, -0.25) is 4.90 Å². The van der Waals surface area contributed by atoms with Crippen LogP contribution in [-0.2, 0) is 0 Å². The van der Waals surface area contributed by atoms with Crippen molar-refractivity contribution in [2.24, 2.45) is 0 Å². The Hall–Kier alpha value is -1.46. The van der Waals surface area contributed by atoms with E-state index in [1.54, 1.807) is 6.07 Å². The number of oxazole rings is 1. The number of nitrogens with one attached hydrogen (secondary N) is 1. The summed E-state index contributed by atoms with van der Waals surface area (Å²) >= 11 is 0. The number of fused-ring (bicyclic) bond motifs is 1. The number of hydrogen-bond acceptors (Lipinski definition) is 4. The third-order valence-corrected chi connectivity index (χ3v) is 4.72. The zero-order valence-corrected chi connectivity index (χ0v) is 12.0. The van der Waals surface area contributed by atoms with Crippen molar-refractivity contribution in [3.05, 3.63) is 29.9 Å². The van der Waals surface area contributed by atoms with Gasteiger partial charge in [0.2, 0.25) is 5.89 Å². The fourth-order valence-electron chi connectivity index (χ4n) is 3.69. The first-order valence-electron chi connectivity index (χ1n) is 7.84. The molecule has 0 amide bonds. The Morgan fingerprint density at radius 3 is 2.95 bits per heavy atom. The zero-order chi connectivity index (χ0) is 14.2. The van der Waals surface area contributed by atoms with Crippen molar-refractivity contribution in [2.75, 3.05) is 19.6 Å². The van der Waals surface area contributed by atoms with Gasteiger partial charge in [-0.15, -0.1) is 0 Å². The minimum Gasteiger partial charge on any atom is -0.439 e. The molecule has 0 aliphatic carbocycles. The molecule has 0 bridgehead atoms. The van der Waals surface area contributed by atoms with E-state index in [1.165, 1.54) is 31.4 Å². The van der Waals surface area contributed by atoms with E-state index in [1.807, 2.05) is 0 Å². The Labute approximate surface area is 123 Å². The number of nitrogens with zero attached hydrogens (tertiary/aromatic N) is 2. The monoisotopic (exact) mass is 289 g/mol. The van der Waals surface area contributed by atoms with Gasteiger partial charge in [0.05, 0.1) is 6.04 Å². The number of likely N-dealkylation sites (tertiary alicyclic amines) is 1. The van der Waals surface area contributed by atoms with Crippen LogP contribution >= 0.6 is 0 Å². The van der Waals surface area contributed by atoms with Gasteiger partial charge in [0.25, 0.3) is 0 Å². The molecule has 4 nitrogen and oxygen atoms in total. The molecule has 0 spiro atoms. The Morgan fingerprint density at radius 2 is 2.10 bits per heavy atom. The topological polar surface area (TPSA) is 41.3 Å². The molecule has 2 aromatic rings. The third kappa shape index (κ3) is 2.45. The van der Waals surface area contributed by atoms with E-state index in [4.69, 9.17) is 4.42 Å². The van der Waals surface area contributed by atoms with Crippen LogP contribution in [0.1, 0.15) is 37.6 Å². The summed E-state index contributed by atoms with van der Waals surface area (Å²) in [6.45, 7) is 3.29. The van der Waals surface area contributed by atoms with Gasteiger partial charge >= 0.3 is 0 Å². The largest absolute Gasteiger partial charge is 0.439 e. The van der Waals surface area contributed by atoms with Crippen LogP contribution in [0.2, 0.25) is 0 Å². The second kappa shape index (κ2) is 5.39. The summed E-state index contributed by atoms with van der Waals surface area (Å²) in [4.78, 5) is 7.08. The van der Waals surface area contributed by atoms with Gasteiger partial charge in [-0.25, -0.2) is 9.37 Å². The summed E-state index contributed by atoms with van der Waals surface area (Å²) in [5.74, 6) is 0.496. The minimum absolute atomic E-state index is 0.253. The average molecular weight is 289 g/mol. The summed E-state index contributed by atoms with van der Waals surface area (Å²) in [6.07, 6.45) is 4.64. The molecule has 1 aromatic carbocycles. The van der Waals surface area contributed by atoms with Crippen LogP contribution in [0.25, 0.3) is 11.1 Å². The molecular formula is C16H20FN3O. The summed E-state index contributed by atoms with van der Waals surface area (Å²) in [7, 11) is 0. The maximum atomic E-state index is 13.3. The number of hydrogen-bond donors (Lipinski definition) is 1. The molecule has 4 rings (SSSR count). The lowest BCUT2D eigenvalue weighted by Crippen LogP contribution is -2.42. The van der Waals surface area contributed by atoms with E-state index in [0.29, 0.717) is 17.1 Å². The molecular weight excluding hydrogens is 269 g/mol. The highest BCUT2D eigenvalue weighted by Gasteiger charge is 2.35. The van der Waals surface area contributed by atoms with Gasteiger partial charge in [0.1, 0.15) is 11.3 Å². The maximum absolute atomic E-state index is 13.3. The van der Waals surface area contributed by atoms with Crippen molar-refractivity contribution in [1.29, 1.82) is 0 Å². The molecule has 2 aliphatic rings. The Kier molecular flexibility index (Phi) is 3.39. The molecule has 1 aromatic heterocycles. The summed E-state index contributed by atoms with van der Waals surface area (Å²) in [5, 5.41) is 3.41. The number of piperidine rings is 1. The molecule has 0 radical (unpaired) electrons. The smallest absolute Gasteiger partial charge is 0.212 e. The van der Waals surface area contributed by atoms with Crippen LogP contribution in [0, 0.1) is 5.82 Å². The van der Waals surface area contributed by atoms with E-state index in [9.17, 15) is 4.39 Å². The molecule has 3 heterocycles. The number of rotatable bonds is 2. The highest BCUT2D eigenvalue weighted by atomic mass is 19.1. The number of halogens is 1. The molecule has 112 valence electrons. The number of aromatic nitrogens is 1. The molecule has 2 saturated heterocycles. The molecule has 0 saturated carbocycles. The van der Waals surface area contributed by atoms with Crippen molar-refractivity contribution in [2.45, 2.75) is 37.8 Å². The van der Waals surface area contributed by atoms with Crippen LogP contribution in [0.15, 0.2) is 22.6 Å². The first-order valence-corrected chi connectivity index (χ1v) is 7.84. The van der Waals surface area contributed by atoms with Gasteiger partial charge < -0.3 is 9.73 Å². The lowest BCUT2D eigenvalue weighted by molar-refractivity contribution is 0.132. The predicted octanol–water partition coefficient (Wildman–Crippen LogP) is 2.86. The van der Waals surface area contributed by atoms with Crippen LogP contribution in [-0.4, -0.2) is 35.6 Å². The molecule has 2 fully saturated rings. The number of benzene rings is 1. The molecule has 1 atom stereocenters. The fourth-order valence-corrected chi connectivity index (χ4v) is 3.69. The quantitative estimate of drug-likeness (QED) is 0.923. The van der Waals surface area contributed by atoms with Gasteiger partial charge in [-0.2, -0.15) is 0 Å². The minimum atomic E-state index is -0.260. The lowest BCUT2D eigenvalue weighted by atomic mass is 10.0. The molecule has 21 heavy (non-hydrogen) atoms. The van der Waals surface area contributed by atoms with Crippen molar-refractivity contribution in [3.8, 4) is 0 Å². The van der Waals surface area contributed by atoms with E-state index in [0.717, 1.165) is 31.9 Å². The molecule has 1 N–H and O–H groups in total. The first-order chi connectivity index (χ1) is 10.3. The lowest BCUT2D eigenvalue weighted by Gasteiger charge is -2.34. The maximum Gasteiger partial charge on any atom is 0.212 e. The highest BCUT2D eigenvalue weighted by Crippen LogP contribution is 2.36. The van der Waals surface area contributed by atoms with Crippen LogP contribution in [0.5, 0.6) is 0 Å². The standard InChI is InChI=1S/C16H20FN3O/c17-11-3-4-15-13(10-11)19-16(21-15)14-2-1-9-20(14)12-5-7-18-8-6-12/h3-4,10,12,14,18H,1-2,5-9H2. The average Bonchev–Trinajstić information content (AvgIpc) is 3.13. The normalized spacial score (nSPS) is 24.9. The van der Waals surface area contributed by atoms with Gasteiger partial charge in [0, 0.05) is 12.1 Å². The second-order valence-electron chi connectivity index (χ2n) is 6.04. The van der Waals surface area contributed by atoms with Gasteiger partial charge in [-0.05, 0) is 57.5 Å². The van der Waals surface area contributed by atoms with Crippen molar-refractivity contribution >= 4 is 11.1 Å². The van der Waals surface area contributed by atoms with Crippen LogP contribution < -0.4 is 5.32 Å². The second-order valence-corrected chi connectivity index (χ2v) is 6.04. The van der Waals surface area contributed by atoms with E-state index >= 15 is 0 Å². The summed E-state index contributed by atoms with van der Waals surface area (Å²) in [6, 6.07) is 5.42. The van der Waals surface area contributed by atoms with Crippen molar-refractivity contribution in [1.82, 2.24) is 15.2 Å². The fraction of sp³-hybridized carbons (Fsp3) is 0.562.